The Morgan fingerprint density at radius 2 is 2.11 bits per heavy atom. The van der Waals surface area contributed by atoms with Gasteiger partial charge in [0.2, 0.25) is 0 Å². The van der Waals surface area contributed by atoms with Gasteiger partial charge in [-0.3, -0.25) is 0 Å². The van der Waals surface area contributed by atoms with Crippen molar-refractivity contribution in [1.82, 2.24) is 15.5 Å². The van der Waals surface area contributed by atoms with Gasteiger partial charge in [-0.15, -0.1) is 0 Å². The van der Waals surface area contributed by atoms with E-state index in [9.17, 15) is 9.59 Å². The van der Waals surface area contributed by atoms with Crippen LogP contribution in [0.3, 0.4) is 0 Å². The van der Waals surface area contributed by atoms with E-state index in [1.807, 2.05) is 0 Å². The van der Waals surface area contributed by atoms with Gasteiger partial charge < -0.3 is 20.6 Å². The molecule has 1 saturated heterocycles. The lowest BCUT2D eigenvalue weighted by atomic mass is 10.1. The van der Waals surface area contributed by atoms with Crippen LogP contribution in [0.25, 0.3) is 0 Å². The van der Waals surface area contributed by atoms with E-state index < -0.39 is 18.0 Å². The van der Waals surface area contributed by atoms with Gasteiger partial charge in [-0.25, -0.2) is 9.59 Å². The van der Waals surface area contributed by atoms with Gasteiger partial charge in [0.15, 0.2) is 0 Å². The summed E-state index contributed by atoms with van der Waals surface area (Å²) < 4.78 is 0. The fourth-order valence-corrected chi connectivity index (χ4v) is 2.28. The quantitative estimate of drug-likeness (QED) is 0.670. The molecule has 6 heteroatoms. The molecule has 0 aliphatic carbocycles. The number of carboxylic acids is 1. The van der Waals surface area contributed by atoms with Crippen LogP contribution in [0.5, 0.6) is 0 Å². The van der Waals surface area contributed by atoms with Crippen LogP contribution in [0.15, 0.2) is 0 Å². The predicted octanol–water partition coefficient (Wildman–Crippen LogP) is 0.879. The first-order valence-electron chi connectivity index (χ1n) is 6.95. The lowest BCUT2D eigenvalue weighted by molar-refractivity contribution is -0.139. The summed E-state index contributed by atoms with van der Waals surface area (Å²) in [6, 6.07) is -0.664. The highest BCUT2D eigenvalue weighted by molar-refractivity contribution is 5.82. The molecule has 0 spiro atoms. The first-order chi connectivity index (χ1) is 8.93. The zero-order valence-electron chi connectivity index (χ0n) is 12.0. The summed E-state index contributed by atoms with van der Waals surface area (Å²) in [5.74, 6) is -0.539. The maximum atomic E-state index is 11.6. The van der Waals surface area contributed by atoms with Gasteiger partial charge in [0, 0.05) is 19.1 Å². The van der Waals surface area contributed by atoms with E-state index in [1.54, 1.807) is 6.92 Å². The number of amides is 2. The minimum Gasteiger partial charge on any atom is -0.480 e. The first-order valence-corrected chi connectivity index (χ1v) is 6.95. The van der Waals surface area contributed by atoms with Gasteiger partial charge in [-0.05, 0) is 39.2 Å². The molecule has 2 amide bonds. The normalized spacial score (nSPS) is 21.4. The molecule has 0 saturated carbocycles. The van der Waals surface area contributed by atoms with Crippen LogP contribution in [0.4, 0.5) is 4.79 Å². The number of urea groups is 1. The van der Waals surface area contributed by atoms with Crippen molar-refractivity contribution in [3.8, 4) is 0 Å². The Kier molecular flexibility index (Phi) is 6.08. The Bertz CT molecular complexity index is 320. The van der Waals surface area contributed by atoms with Gasteiger partial charge >= 0.3 is 12.0 Å². The molecule has 0 aromatic rings. The Balaban J connectivity index is 2.26. The number of nitrogens with one attached hydrogen (secondary N) is 2. The van der Waals surface area contributed by atoms with Crippen LogP contribution in [0.2, 0.25) is 0 Å². The van der Waals surface area contributed by atoms with Crippen LogP contribution in [-0.4, -0.2) is 53.7 Å². The number of carbonyl (C=O) groups is 2. The number of likely N-dealkylation sites (tertiary alicyclic amines) is 1. The largest absolute Gasteiger partial charge is 0.480 e. The Hall–Kier alpha value is -1.30. The molecule has 1 aliphatic rings. The van der Waals surface area contributed by atoms with Crippen LogP contribution < -0.4 is 10.6 Å². The van der Waals surface area contributed by atoms with Crippen LogP contribution in [0.1, 0.15) is 33.6 Å². The molecule has 1 aliphatic heterocycles. The summed E-state index contributed by atoms with van der Waals surface area (Å²) in [7, 11) is 0. The molecule has 2 unspecified atom stereocenters. The SMILES string of the molecule is CCC(NC(=O)NCC1CCN(C(C)C)C1)C(=O)O. The van der Waals surface area contributed by atoms with Gasteiger partial charge in [0.25, 0.3) is 0 Å². The molecule has 6 nitrogen and oxygen atoms in total. The van der Waals surface area contributed by atoms with Crippen molar-refractivity contribution in [2.24, 2.45) is 5.92 Å². The highest BCUT2D eigenvalue weighted by atomic mass is 16.4. The third kappa shape index (κ3) is 5.06. The number of hydrogen-bond acceptors (Lipinski definition) is 3. The summed E-state index contributed by atoms with van der Waals surface area (Å²) in [6.45, 7) is 8.73. The average molecular weight is 271 g/mol. The first kappa shape index (κ1) is 15.8. The third-order valence-corrected chi connectivity index (χ3v) is 3.61. The van der Waals surface area contributed by atoms with E-state index >= 15 is 0 Å². The van der Waals surface area contributed by atoms with Crippen molar-refractivity contribution in [2.75, 3.05) is 19.6 Å². The van der Waals surface area contributed by atoms with Crippen molar-refractivity contribution in [3.63, 3.8) is 0 Å². The molecule has 0 bridgehead atoms. The maximum Gasteiger partial charge on any atom is 0.326 e. The van der Waals surface area contributed by atoms with Gasteiger partial charge in [-0.1, -0.05) is 6.92 Å². The zero-order valence-corrected chi connectivity index (χ0v) is 12.0. The minimum absolute atomic E-state index is 0.382. The Morgan fingerprint density at radius 3 is 2.58 bits per heavy atom. The van der Waals surface area contributed by atoms with E-state index in [0.717, 1.165) is 19.5 Å². The second-order valence-electron chi connectivity index (χ2n) is 5.40. The molecule has 0 aromatic heterocycles. The Labute approximate surface area is 114 Å². The second-order valence-corrected chi connectivity index (χ2v) is 5.40. The van der Waals surface area contributed by atoms with Crippen molar-refractivity contribution in [2.45, 2.75) is 45.7 Å². The van der Waals surface area contributed by atoms with Gasteiger partial charge in [0.05, 0.1) is 0 Å². The smallest absolute Gasteiger partial charge is 0.326 e. The van der Waals surface area contributed by atoms with Crippen molar-refractivity contribution >= 4 is 12.0 Å². The topological polar surface area (TPSA) is 81.7 Å². The molecule has 110 valence electrons. The Morgan fingerprint density at radius 1 is 1.42 bits per heavy atom. The van der Waals surface area contributed by atoms with Crippen molar-refractivity contribution in [1.29, 1.82) is 0 Å². The number of rotatable bonds is 6. The van der Waals surface area contributed by atoms with E-state index in [4.69, 9.17) is 5.11 Å². The number of carbonyl (C=O) groups excluding carboxylic acids is 1. The summed E-state index contributed by atoms with van der Waals surface area (Å²) in [6.07, 6.45) is 1.46. The summed E-state index contributed by atoms with van der Waals surface area (Å²) in [4.78, 5) is 24.8. The number of hydrogen-bond donors (Lipinski definition) is 3. The highest BCUT2D eigenvalue weighted by Crippen LogP contribution is 2.17. The molecule has 3 N–H and O–H groups in total. The fourth-order valence-electron chi connectivity index (χ4n) is 2.28. The fraction of sp³-hybridized carbons (Fsp3) is 0.846. The van der Waals surface area contributed by atoms with E-state index in [1.165, 1.54) is 0 Å². The highest BCUT2D eigenvalue weighted by Gasteiger charge is 2.25. The maximum absolute atomic E-state index is 11.6. The molecule has 1 rings (SSSR count). The summed E-state index contributed by atoms with van der Waals surface area (Å²) >= 11 is 0. The molecule has 2 atom stereocenters. The van der Waals surface area contributed by atoms with E-state index in [0.29, 0.717) is 24.9 Å². The molecule has 19 heavy (non-hydrogen) atoms. The van der Waals surface area contributed by atoms with E-state index in [-0.39, 0.29) is 0 Å². The van der Waals surface area contributed by atoms with E-state index in [2.05, 4.69) is 29.4 Å². The minimum atomic E-state index is -0.996. The standard InChI is InChI=1S/C13H25N3O3/c1-4-11(12(17)18)15-13(19)14-7-10-5-6-16(8-10)9(2)3/h9-11H,4-8H2,1-3H3,(H,17,18)(H2,14,15,19). The van der Waals surface area contributed by atoms with Crippen molar-refractivity contribution < 1.29 is 14.7 Å². The molecule has 0 aromatic carbocycles. The van der Waals surface area contributed by atoms with Gasteiger partial charge in [0.1, 0.15) is 6.04 Å². The van der Waals surface area contributed by atoms with Crippen LogP contribution in [-0.2, 0) is 4.79 Å². The number of nitrogens with zero attached hydrogens (tertiary/aromatic N) is 1. The lowest BCUT2D eigenvalue weighted by Gasteiger charge is -2.20. The van der Waals surface area contributed by atoms with Gasteiger partial charge in [-0.2, -0.15) is 0 Å². The summed E-state index contributed by atoms with van der Waals surface area (Å²) in [5.41, 5.74) is 0. The van der Waals surface area contributed by atoms with Crippen LogP contribution >= 0.6 is 0 Å². The average Bonchev–Trinajstić information content (AvgIpc) is 2.82. The number of carboxylic acid groups (broad SMARTS) is 1. The van der Waals surface area contributed by atoms with Crippen LogP contribution in [0, 0.1) is 5.92 Å². The molecule has 1 fully saturated rings. The second kappa shape index (κ2) is 7.33. The summed E-state index contributed by atoms with van der Waals surface area (Å²) in [5, 5.41) is 14.1. The number of aliphatic carboxylic acids is 1. The molecule has 1 heterocycles. The molecule has 0 radical (unpaired) electrons. The third-order valence-electron chi connectivity index (χ3n) is 3.61. The molecular weight excluding hydrogens is 246 g/mol. The van der Waals surface area contributed by atoms with Crippen molar-refractivity contribution in [3.05, 3.63) is 0 Å². The lowest BCUT2D eigenvalue weighted by Crippen LogP contribution is -2.47. The molecular formula is C13H25N3O3. The monoisotopic (exact) mass is 271 g/mol. The zero-order chi connectivity index (χ0) is 14.4. The predicted molar refractivity (Wildman–Crippen MR) is 73.1 cm³/mol.